The Morgan fingerprint density at radius 3 is 3.00 bits per heavy atom. The van der Waals surface area contributed by atoms with E-state index >= 15 is 0 Å². The maximum Gasteiger partial charge on any atom is 0.193 e. The van der Waals surface area contributed by atoms with Gasteiger partial charge in [-0.05, 0) is 5.21 Å². The van der Waals surface area contributed by atoms with E-state index in [1.807, 2.05) is 0 Å². The van der Waals surface area contributed by atoms with Crippen LogP contribution in [0.25, 0.3) is 0 Å². The molecular formula is C6H10N8. The van der Waals surface area contributed by atoms with Crippen LogP contribution in [0.1, 0.15) is 11.9 Å². The number of rotatable bonds is 3. The van der Waals surface area contributed by atoms with Crippen LogP contribution in [0, 0.1) is 0 Å². The summed E-state index contributed by atoms with van der Waals surface area (Å²) in [6.07, 6.45) is 3.05. The zero-order chi connectivity index (χ0) is 9.97. The van der Waals surface area contributed by atoms with Crippen molar-refractivity contribution in [1.29, 1.82) is 0 Å². The third kappa shape index (κ3) is 1.74. The summed E-state index contributed by atoms with van der Waals surface area (Å²) < 4.78 is 1.63. The smallest absolute Gasteiger partial charge is 0.193 e. The lowest BCUT2D eigenvalue weighted by molar-refractivity contribution is 0.505. The first-order chi connectivity index (χ1) is 6.75. The number of aryl methyl sites for hydroxylation is 1. The van der Waals surface area contributed by atoms with Crippen LogP contribution in [0.3, 0.4) is 0 Å². The molecule has 0 aliphatic rings. The molecule has 1 atom stereocenters. The Kier molecular flexibility index (Phi) is 2.19. The molecule has 8 heteroatoms. The van der Waals surface area contributed by atoms with E-state index in [1.54, 1.807) is 18.1 Å². The van der Waals surface area contributed by atoms with Crippen molar-refractivity contribution >= 4 is 0 Å². The first kappa shape index (κ1) is 8.75. The lowest BCUT2D eigenvalue weighted by atomic mass is 10.3. The van der Waals surface area contributed by atoms with E-state index in [9.17, 15) is 0 Å². The summed E-state index contributed by atoms with van der Waals surface area (Å²) in [6.45, 7) is 0.492. The minimum absolute atomic E-state index is 0.314. The van der Waals surface area contributed by atoms with Crippen LogP contribution in [0.15, 0.2) is 12.7 Å². The van der Waals surface area contributed by atoms with Crippen LogP contribution in [0.4, 0.5) is 0 Å². The molecule has 0 saturated heterocycles. The third-order valence-electron chi connectivity index (χ3n) is 1.71. The Morgan fingerprint density at radius 1 is 1.57 bits per heavy atom. The van der Waals surface area contributed by atoms with Crippen molar-refractivity contribution in [2.75, 3.05) is 0 Å². The minimum Gasteiger partial charge on any atom is -0.320 e. The second-order valence-corrected chi connectivity index (χ2v) is 2.86. The SMILES string of the molecule is Cn1nnc(C(N)Cn2cncn2)n1. The van der Waals surface area contributed by atoms with E-state index in [2.05, 4.69) is 25.5 Å². The lowest BCUT2D eigenvalue weighted by Crippen LogP contribution is -2.19. The Labute approximate surface area is 79.7 Å². The summed E-state index contributed by atoms with van der Waals surface area (Å²) >= 11 is 0. The van der Waals surface area contributed by atoms with Gasteiger partial charge in [0.05, 0.1) is 19.6 Å². The van der Waals surface area contributed by atoms with Crippen molar-refractivity contribution in [1.82, 2.24) is 35.0 Å². The fourth-order valence-electron chi connectivity index (χ4n) is 1.06. The average Bonchev–Trinajstić information content (AvgIpc) is 2.75. The number of tetrazole rings is 1. The molecule has 14 heavy (non-hydrogen) atoms. The molecule has 74 valence electrons. The van der Waals surface area contributed by atoms with E-state index in [-0.39, 0.29) is 6.04 Å². The fraction of sp³-hybridized carbons (Fsp3) is 0.500. The molecule has 2 N–H and O–H groups in total. The summed E-state index contributed by atoms with van der Waals surface area (Å²) in [6, 6.07) is -0.314. The van der Waals surface area contributed by atoms with Gasteiger partial charge in [0.2, 0.25) is 0 Å². The van der Waals surface area contributed by atoms with Gasteiger partial charge < -0.3 is 5.73 Å². The van der Waals surface area contributed by atoms with E-state index in [0.29, 0.717) is 12.4 Å². The Balaban J connectivity index is 2.06. The monoisotopic (exact) mass is 194 g/mol. The van der Waals surface area contributed by atoms with Gasteiger partial charge in [0.15, 0.2) is 5.82 Å². The van der Waals surface area contributed by atoms with Gasteiger partial charge in [0.25, 0.3) is 0 Å². The molecule has 0 aliphatic heterocycles. The van der Waals surface area contributed by atoms with Gasteiger partial charge in [-0.15, -0.1) is 10.2 Å². The van der Waals surface area contributed by atoms with Gasteiger partial charge in [-0.2, -0.15) is 9.90 Å². The predicted octanol–water partition coefficient (Wildman–Crippen LogP) is -1.50. The van der Waals surface area contributed by atoms with Crippen molar-refractivity contribution < 1.29 is 0 Å². The van der Waals surface area contributed by atoms with Crippen LogP contribution in [-0.2, 0) is 13.6 Å². The third-order valence-corrected chi connectivity index (χ3v) is 1.71. The highest BCUT2D eigenvalue weighted by molar-refractivity contribution is 4.86. The highest BCUT2D eigenvalue weighted by Crippen LogP contribution is 2.03. The second-order valence-electron chi connectivity index (χ2n) is 2.86. The van der Waals surface area contributed by atoms with Gasteiger partial charge in [0.1, 0.15) is 12.7 Å². The van der Waals surface area contributed by atoms with Crippen molar-refractivity contribution in [2.24, 2.45) is 12.8 Å². The topological polar surface area (TPSA) is 100 Å². The summed E-state index contributed by atoms with van der Waals surface area (Å²) in [5.74, 6) is 0.503. The molecule has 0 saturated carbocycles. The predicted molar refractivity (Wildman–Crippen MR) is 45.7 cm³/mol. The molecule has 0 amide bonds. The van der Waals surface area contributed by atoms with Crippen molar-refractivity contribution in [2.45, 2.75) is 12.6 Å². The van der Waals surface area contributed by atoms with Crippen molar-refractivity contribution in [3.05, 3.63) is 18.5 Å². The van der Waals surface area contributed by atoms with Crippen LogP contribution < -0.4 is 5.73 Å². The van der Waals surface area contributed by atoms with Gasteiger partial charge in [0, 0.05) is 0 Å². The molecule has 0 aromatic carbocycles. The maximum atomic E-state index is 5.83. The molecule has 0 aliphatic carbocycles. The summed E-state index contributed by atoms with van der Waals surface area (Å²) in [7, 11) is 1.69. The van der Waals surface area contributed by atoms with Gasteiger partial charge in [-0.1, -0.05) is 0 Å². The van der Waals surface area contributed by atoms with E-state index in [4.69, 9.17) is 5.73 Å². The molecular weight excluding hydrogens is 184 g/mol. The Bertz CT molecular complexity index is 390. The zero-order valence-electron chi connectivity index (χ0n) is 7.65. The zero-order valence-corrected chi connectivity index (χ0v) is 7.65. The van der Waals surface area contributed by atoms with Crippen molar-refractivity contribution in [3.63, 3.8) is 0 Å². The molecule has 2 aromatic rings. The largest absolute Gasteiger partial charge is 0.320 e. The highest BCUT2D eigenvalue weighted by atomic mass is 15.6. The number of nitrogens with zero attached hydrogens (tertiary/aromatic N) is 7. The molecule has 1 unspecified atom stereocenters. The minimum atomic E-state index is -0.314. The van der Waals surface area contributed by atoms with Crippen LogP contribution in [-0.4, -0.2) is 35.0 Å². The van der Waals surface area contributed by atoms with E-state index < -0.39 is 0 Å². The molecule has 0 fully saturated rings. The second kappa shape index (κ2) is 3.50. The molecule has 2 aromatic heterocycles. The number of aromatic nitrogens is 7. The Hall–Kier alpha value is -1.83. The molecule has 0 bridgehead atoms. The summed E-state index contributed by atoms with van der Waals surface area (Å²) in [4.78, 5) is 5.18. The van der Waals surface area contributed by atoms with Gasteiger partial charge in [-0.3, -0.25) is 4.68 Å². The van der Waals surface area contributed by atoms with E-state index in [0.717, 1.165) is 0 Å². The Morgan fingerprint density at radius 2 is 2.43 bits per heavy atom. The van der Waals surface area contributed by atoms with Crippen molar-refractivity contribution in [3.8, 4) is 0 Å². The normalized spacial score (nSPS) is 13.0. The van der Waals surface area contributed by atoms with Gasteiger partial charge in [-0.25, -0.2) is 4.98 Å². The molecule has 2 heterocycles. The molecule has 8 nitrogen and oxygen atoms in total. The molecule has 2 rings (SSSR count). The number of hydrogen-bond acceptors (Lipinski definition) is 6. The lowest BCUT2D eigenvalue weighted by Gasteiger charge is -2.05. The molecule has 0 spiro atoms. The van der Waals surface area contributed by atoms with Gasteiger partial charge >= 0.3 is 0 Å². The first-order valence-corrected chi connectivity index (χ1v) is 4.07. The van der Waals surface area contributed by atoms with E-state index in [1.165, 1.54) is 11.1 Å². The number of hydrogen-bond donors (Lipinski definition) is 1. The fourth-order valence-corrected chi connectivity index (χ4v) is 1.06. The van der Waals surface area contributed by atoms with Crippen LogP contribution in [0.2, 0.25) is 0 Å². The van der Waals surface area contributed by atoms with Crippen LogP contribution in [0.5, 0.6) is 0 Å². The van der Waals surface area contributed by atoms with Crippen LogP contribution >= 0.6 is 0 Å². The summed E-state index contributed by atoms with van der Waals surface area (Å²) in [5.41, 5.74) is 5.83. The first-order valence-electron chi connectivity index (χ1n) is 4.07. The molecule has 0 radical (unpaired) electrons. The summed E-state index contributed by atoms with van der Waals surface area (Å²) in [5, 5.41) is 15.4. The average molecular weight is 194 g/mol. The maximum absolute atomic E-state index is 5.83. The highest BCUT2D eigenvalue weighted by Gasteiger charge is 2.12. The quantitative estimate of drug-likeness (QED) is 0.638. The number of nitrogens with two attached hydrogens (primary N) is 1. The standard InChI is InChI=1S/C6H10N8/c1-13-11-6(10-12-13)5(7)2-14-4-8-3-9-14/h3-5H,2,7H2,1H3.